The lowest BCUT2D eigenvalue weighted by molar-refractivity contribution is 0.343. The van der Waals surface area contributed by atoms with Crippen molar-refractivity contribution < 1.29 is 8.95 Å². The van der Waals surface area contributed by atoms with E-state index in [1.807, 2.05) is 29.7 Å². The zero-order valence-electron chi connectivity index (χ0n) is 11.3. The zero-order valence-corrected chi connectivity index (χ0v) is 12.1. The molecule has 0 amide bonds. The number of nitrogens with two attached hydrogens (primary N) is 1. The Balaban J connectivity index is 2.31. The highest BCUT2D eigenvalue weighted by Gasteiger charge is 2.11. The van der Waals surface area contributed by atoms with Gasteiger partial charge in [-0.3, -0.25) is 4.21 Å². The molecule has 0 spiro atoms. The third-order valence-corrected chi connectivity index (χ3v) is 3.75. The number of benzene rings is 1. The molecule has 1 atom stereocenters. The fourth-order valence-corrected chi connectivity index (χ4v) is 2.61. The molecule has 6 heteroatoms. The Bertz CT molecular complexity index is 595. The SMILES string of the molecule is CCOc1cccc2c1nc(N)n2CCCS(C)=O. The van der Waals surface area contributed by atoms with E-state index in [1.165, 1.54) is 0 Å². The molecule has 2 rings (SSSR count). The van der Waals surface area contributed by atoms with Crippen LogP contribution in [0.25, 0.3) is 11.0 Å². The first kappa shape index (κ1) is 13.9. The van der Waals surface area contributed by atoms with E-state index < -0.39 is 10.8 Å². The van der Waals surface area contributed by atoms with Crippen LogP contribution in [0.5, 0.6) is 5.75 Å². The van der Waals surface area contributed by atoms with Crippen molar-refractivity contribution in [2.24, 2.45) is 0 Å². The highest BCUT2D eigenvalue weighted by atomic mass is 32.2. The van der Waals surface area contributed by atoms with Gasteiger partial charge in [0.05, 0.1) is 12.1 Å². The van der Waals surface area contributed by atoms with Gasteiger partial charge in [-0.2, -0.15) is 0 Å². The molecule has 0 fully saturated rings. The van der Waals surface area contributed by atoms with Crippen LogP contribution in [0.2, 0.25) is 0 Å². The smallest absolute Gasteiger partial charge is 0.201 e. The number of hydrogen-bond donors (Lipinski definition) is 1. The maximum Gasteiger partial charge on any atom is 0.201 e. The second-order valence-electron chi connectivity index (χ2n) is 4.31. The summed E-state index contributed by atoms with van der Waals surface area (Å²) in [7, 11) is -0.774. The maximum absolute atomic E-state index is 11.1. The standard InChI is InChI=1S/C13H19N3O2S/c1-3-18-11-7-4-6-10-12(11)15-13(14)16(10)8-5-9-19(2)17/h4,6-7H,3,5,8-9H2,1-2H3,(H2,14,15). The number of para-hydroxylation sites is 1. The van der Waals surface area contributed by atoms with Crippen LogP contribution >= 0.6 is 0 Å². The van der Waals surface area contributed by atoms with E-state index in [0.717, 1.165) is 29.7 Å². The Labute approximate surface area is 115 Å². The summed E-state index contributed by atoms with van der Waals surface area (Å²) in [4.78, 5) is 4.37. The number of imidazole rings is 1. The predicted octanol–water partition coefficient (Wildman–Crippen LogP) is 1.79. The monoisotopic (exact) mass is 281 g/mol. The minimum absolute atomic E-state index is 0.476. The van der Waals surface area contributed by atoms with Gasteiger partial charge in [-0.15, -0.1) is 0 Å². The Morgan fingerprint density at radius 2 is 2.26 bits per heavy atom. The summed E-state index contributed by atoms with van der Waals surface area (Å²) in [6.07, 6.45) is 2.53. The topological polar surface area (TPSA) is 70.1 Å². The lowest BCUT2D eigenvalue weighted by Crippen LogP contribution is -2.06. The van der Waals surface area contributed by atoms with E-state index in [4.69, 9.17) is 10.5 Å². The first-order valence-corrected chi connectivity index (χ1v) is 8.03. The summed E-state index contributed by atoms with van der Waals surface area (Å²) in [5.74, 6) is 1.90. The number of nitrogen functional groups attached to an aromatic ring is 1. The molecule has 5 nitrogen and oxygen atoms in total. The van der Waals surface area contributed by atoms with Gasteiger partial charge >= 0.3 is 0 Å². The summed E-state index contributed by atoms with van der Waals surface area (Å²) < 4.78 is 18.6. The van der Waals surface area contributed by atoms with Crippen LogP contribution in [0, 0.1) is 0 Å². The molecule has 0 bridgehead atoms. The van der Waals surface area contributed by atoms with Crippen LogP contribution < -0.4 is 10.5 Å². The number of rotatable bonds is 6. The number of fused-ring (bicyclic) bond motifs is 1. The minimum Gasteiger partial charge on any atom is -0.492 e. The Hall–Kier alpha value is -1.56. The lowest BCUT2D eigenvalue weighted by Gasteiger charge is -2.06. The average Bonchev–Trinajstić information content (AvgIpc) is 2.67. The van der Waals surface area contributed by atoms with Crippen LogP contribution in [0.15, 0.2) is 18.2 Å². The number of aromatic nitrogens is 2. The number of hydrogen-bond acceptors (Lipinski definition) is 4. The van der Waals surface area contributed by atoms with Crippen LogP contribution in [0.1, 0.15) is 13.3 Å². The van der Waals surface area contributed by atoms with Gasteiger partial charge in [0.2, 0.25) is 5.95 Å². The molecule has 2 N–H and O–H groups in total. The molecule has 19 heavy (non-hydrogen) atoms. The van der Waals surface area contributed by atoms with Crippen LogP contribution in [-0.4, -0.2) is 32.4 Å². The Kier molecular flexibility index (Phi) is 4.42. The van der Waals surface area contributed by atoms with Gasteiger partial charge in [0.15, 0.2) is 0 Å². The molecular weight excluding hydrogens is 262 g/mol. The summed E-state index contributed by atoms with van der Waals surface area (Å²) >= 11 is 0. The fraction of sp³-hybridized carbons (Fsp3) is 0.462. The summed E-state index contributed by atoms with van der Waals surface area (Å²) in [5, 5.41) is 0. The molecule has 1 unspecified atom stereocenters. The van der Waals surface area contributed by atoms with Crippen molar-refractivity contribution in [2.45, 2.75) is 19.9 Å². The van der Waals surface area contributed by atoms with Crippen LogP contribution in [0.4, 0.5) is 5.95 Å². The molecule has 1 heterocycles. The number of aryl methyl sites for hydroxylation is 1. The highest BCUT2D eigenvalue weighted by molar-refractivity contribution is 7.84. The normalized spacial score (nSPS) is 12.7. The van der Waals surface area contributed by atoms with Gasteiger partial charge in [0.1, 0.15) is 11.3 Å². The fourth-order valence-electron chi connectivity index (χ4n) is 2.07. The molecule has 1 aromatic carbocycles. The molecular formula is C13H19N3O2S. The molecule has 0 radical (unpaired) electrons. The average molecular weight is 281 g/mol. The van der Waals surface area contributed by atoms with E-state index >= 15 is 0 Å². The minimum atomic E-state index is -0.774. The molecule has 0 saturated heterocycles. The number of nitrogens with zero attached hydrogens (tertiary/aromatic N) is 2. The number of anilines is 1. The highest BCUT2D eigenvalue weighted by Crippen LogP contribution is 2.27. The van der Waals surface area contributed by atoms with Gasteiger partial charge in [-0.1, -0.05) is 6.07 Å². The van der Waals surface area contributed by atoms with Crippen molar-refractivity contribution in [1.29, 1.82) is 0 Å². The quantitative estimate of drug-likeness (QED) is 0.876. The number of ether oxygens (including phenoxy) is 1. The molecule has 0 aliphatic rings. The van der Waals surface area contributed by atoms with Crippen LogP contribution in [0.3, 0.4) is 0 Å². The summed E-state index contributed by atoms with van der Waals surface area (Å²) in [5.41, 5.74) is 7.71. The van der Waals surface area contributed by atoms with Gasteiger partial charge in [-0.05, 0) is 25.5 Å². The Morgan fingerprint density at radius 1 is 1.47 bits per heavy atom. The molecule has 0 aliphatic carbocycles. The molecule has 0 saturated carbocycles. The second kappa shape index (κ2) is 6.06. The van der Waals surface area contributed by atoms with Crippen molar-refractivity contribution in [3.63, 3.8) is 0 Å². The van der Waals surface area contributed by atoms with Gasteiger partial charge in [-0.25, -0.2) is 4.98 Å². The third kappa shape index (κ3) is 3.07. The van der Waals surface area contributed by atoms with E-state index in [9.17, 15) is 4.21 Å². The van der Waals surface area contributed by atoms with Gasteiger partial charge < -0.3 is 15.0 Å². The first-order chi connectivity index (χ1) is 9.13. The van der Waals surface area contributed by atoms with Gasteiger partial charge in [0.25, 0.3) is 0 Å². The second-order valence-corrected chi connectivity index (χ2v) is 5.86. The third-order valence-electron chi connectivity index (χ3n) is 2.88. The van der Waals surface area contributed by atoms with Crippen molar-refractivity contribution in [3.8, 4) is 5.75 Å². The van der Waals surface area contributed by atoms with E-state index in [2.05, 4.69) is 4.98 Å². The van der Waals surface area contributed by atoms with Crippen molar-refractivity contribution >= 4 is 27.8 Å². The largest absolute Gasteiger partial charge is 0.492 e. The van der Waals surface area contributed by atoms with E-state index in [0.29, 0.717) is 18.3 Å². The van der Waals surface area contributed by atoms with Crippen molar-refractivity contribution in [2.75, 3.05) is 24.3 Å². The molecule has 0 aliphatic heterocycles. The lowest BCUT2D eigenvalue weighted by atomic mass is 10.3. The molecule has 2 aromatic rings. The van der Waals surface area contributed by atoms with Crippen molar-refractivity contribution in [3.05, 3.63) is 18.2 Å². The maximum atomic E-state index is 11.1. The molecule has 1 aromatic heterocycles. The molecule has 104 valence electrons. The Morgan fingerprint density at radius 3 is 2.95 bits per heavy atom. The first-order valence-electron chi connectivity index (χ1n) is 6.31. The van der Waals surface area contributed by atoms with E-state index in [-0.39, 0.29) is 0 Å². The zero-order chi connectivity index (χ0) is 13.8. The summed E-state index contributed by atoms with van der Waals surface area (Å²) in [6.45, 7) is 3.26. The predicted molar refractivity (Wildman–Crippen MR) is 78.9 cm³/mol. The summed E-state index contributed by atoms with van der Waals surface area (Å²) in [6, 6.07) is 5.80. The van der Waals surface area contributed by atoms with E-state index in [1.54, 1.807) is 6.26 Å². The van der Waals surface area contributed by atoms with Crippen LogP contribution in [-0.2, 0) is 17.3 Å². The van der Waals surface area contributed by atoms with Gasteiger partial charge in [0, 0.05) is 29.4 Å². The van der Waals surface area contributed by atoms with Crippen molar-refractivity contribution in [1.82, 2.24) is 9.55 Å².